The quantitative estimate of drug-likeness (QED) is 0.370. The van der Waals surface area contributed by atoms with Gasteiger partial charge in [0.2, 0.25) is 16.0 Å². The molecule has 3 aromatic heterocycles. The Labute approximate surface area is 194 Å². The van der Waals surface area contributed by atoms with E-state index in [0.29, 0.717) is 43.5 Å². The molecule has 0 spiro atoms. The molecule has 0 bridgehead atoms. The number of fused-ring (bicyclic) bond motifs is 1. The van der Waals surface area contributed by atoms with E-state index in [4.69, 9.17) is 9.15 Å². The highest BCUT2D eigenvalue weighted by Gasteiger charge is 2.24. The predicted molar refractivity (Wildman–Crippen MR) is 124 cm³/mol. The number of rotatable bonds is 6. The zero-order valence-electron chi connectivity index (χ0n) is 18.1. The van der Waals surface area contributed by atoms with E-state index < -0.39 is 15.9 Å². The molecule has 4 aromatic rings. The monoisotopic (exact) mass is 483 g/mol. The summed E-state index contributed by atoms with van der Waals surface area (Å²) >= 11 is 0. The largest absolute Gasteiger partial charge is 0.445 e. The van der Waals surface area contributed by atoms with Crippen LogP contribution >= 0.6 is 0 Å². The number of hydrogen-bond acceptors (Lipinski definition) is 10. The lowest BCUT2D eigenvalue weighted by atomic mass is 10.2. The highest BCUT2D eigenvalue weighted by molar-refractivity contribution is 7.89. The van der Waals surface area contributed by atoms with Crippen molar-refractivity contribution in [3.63, 3.8) is 0 Å². The number of ether oxygens (including phenoxy) is 1. The summed E-state index contributed by atoms with van der Waals surface area (Å²) in [6.07, 6.45) is 0.891. The maximum absolute atomic E-state index is 12.3. The van der Waals surface area contributed by atoms with Crippen molar-refractivity contribution in [1.82, 2.24) is 24.9 Å². The Kier molecular flexibility index (Phi) is 5.63. The van der Waals surface area contributed by atoms with Crippen LogP contribution in [-0.2, 0) is 14.8 Å². The summed E-state index contributed by atoms with van der Waals surface area (Å²) in [5.41, 5.74) is 2.42. The van der Waals surface area contributed by atoms with Crippen LogP contribution in [0.3, 0.4) is 0 Å². The van der Waals surface area contributed by atoms with E-state index in [-0.39, 0.29) is 17.3 Å². The van der Waals surface area contributed by atoms with Gasteiger partial charge >= 0.3 is 5.91 Å². The normalized spacial score (nSPS) is 14.3. The van der Waals surface area contributed by atoms with E-state index in [0.717, 1.165) is 17.5 Å². The van der Waals surface area contributed by atoms with Gasteiger partial charge in [-0.05, 0) is 5.56 Å². The van der Waals surface area contributed by atoms with Gasteiger partial charge in [0.15, 0.2) is 23.0 Å². The van der Waals surface area contributed by atoms with Crippen molar-refractivity contribution in [3.8, 4) is 11.3 Å². The molecule has 0 unspecified atom stereocenters. The highest BCUT2D eigenvalue weighted by Crippen LogP contribution is 2.30. The van der Waals surface area contributed by atoms with Crippen LogP contribution in [0, 0.1) is 0 Å². The van der Waals surface area contributed by atoms with Crippen molar-refractivity contribution in [1.29, 1.82) is 0 Å². The number of benzene rings is 1. The standard InChI is InChI=1S/C21H21N7O5S/c1-34(30,31)27-20(29)16-11-15-18(33-16)19(28-7-9-32-10-8-28)24-21(22-15)23-17-12-14(25-26-17)13-5-3-2-4-6-13/h2-6,11-12H,7-10H2,1H3,(H,27,29)(H2,22,23,24,25,26). The average molecular weight is 484 g/mol. The van der Waals surface area contributed by atoms with Crippen LogP contribution in [0.5, 0.6) is 0 Å². The molecule has 12 nitrogen and oxygen atoms in total. The van der Waals surface area contributed by atoms with Gasteiger partial charge in [0.25, 0.3) is 0 Å². The number of nitrogens with one attached hydrogen (secondary N) is 3. The number of amides is 1. The van der Waals surface area contributed by atoms with Gasteiger partial charge in [0.05, 0.1) is 25.2 Å². The lowest BCUT2D eigenvalue weighted by Gasteiger charge is -2.27. The van der Waals surface area contributed by atoms with Crippen molar-refractivity contribution in [3.05, 3.63) is 48.2 Å². The van der Waals surface area contributed by atoms with Gasteiger partial charge in [-0.25, -0.2) is 18.1 Å². The first-order valence-corrected chi connectivity index (χ1v) is 12.3. The van der Waals surface area contributed by atoms with E-state index in [1.165, 1.54) is 6.07 Å². The summed E-state index contributed by atoms with van der Waals surface area (Å²) in [5.74, 6) is 0.143. The Balaban J connectivity index is 1.50. The third-order valence-corrected chi connectivity index (χ3v) is 5.62. The smallest absolute Gasteiger partial charge is 0.300 e. The van der Waals surface area contributed by atoms with Gasteiger partial charge < -0.3 is 19.4 Å². The molecule has 0 radical (unpaired) electrons. The number of anilines is 3. The molecule has 1 aliphatic rings. The van der Waals surface area contributed by atoms with Crippen molar-refractivity contribution >= 4 is 44.6 Å². The molecular weight excluding hydrogens is 462 g/mol. The number of nitrogens with zero attached hydrogens (tertiary/aromatic N) is 4. The Morgan fingerprint density at radius 1 is 1.12 bits per heavy atom. The summed E-state index contributed by atoms with van der Waals surface area (Å²) in [6.45, 7) is 2.15. The molecule has 4 heterocycles. The van der Waals surface area contributed by atoms with Crippen molar-refractivity contribution < 1.29 is 22.4 Å². The Hall–Kier alpha value is -3.97. The van der Waals surface area contributed by atoms with Crippen molar-refractivity contribution in [2.75, 3.05) is 42.8 Å². The third-order valence-electron chi connectivity index (χ3n) is 5.07. The lowest BCUT2D eigenvalue weighted by molar-refractivity contribution is 0.0956. The van der Waals surface area contributed by atoms with Crippen LogP contribution < -0.4 is 14.9 Å². The fourth-order valence-electron chi connectivity index (χ4n) is 3.56. The molecule has 0 saturated carbocycles. The maximum Gasteiger partial charge on any atom is 0.300 e. The van der Waals surface area contributed by atoms with E-state index in [1.54, 1.807) is 0 Å². The molecule has 1 fully saturated rings. The second-order valence-electron chi connectivity index (χ2n) is 7.66. The fourth-order valence-corrected chi connectivity index (χ4v) is 3.99. The van der Waals surface area contributed by atoms with Gasteiger partial charge in [-0.15, -0.1) is 0 Å². The number of sulfonamides is 1. The van der Waals surface area contributed by atoms with Gasteiger partial charge in [0.1, 0.15) is 5.52 Å². The lowest BCUT2D eigenvalue weighted by Crippen LogP contribution is -2.37. The number of H-pyrrole nitrogens is 1. The van der Waals surface area contributed by atoms with Crippen LogP contribution in [0.25, 0.3) is 22.4 Å². The minimum atomic E-state index is -3.76. The SMILES string of the molecule is CS(=O)(=O)NC(=O)c1cc2nc(Nc3cc(-c4ccccc4)[nH]n3)nc(N3CCOCC3)c2o1. The maximum atomic E-state index is 12.3. The number of aromatic amines is 1. The van der Waals surface area contributed by atoms with Crippen LogP contribution in [-0.4, -0.2) is 67.0 Å². The van der Waals surface area contributed by atoms with E-state index in [1.807, 2.05) is 46.0 Å². The van der Waals surface area contributed by atoms with Gasteiger partial charge in [0, 0.05) is 25.2 Å². The average Bonchev–Trinajstić information content (AvgIpc) is 3.46. The summed E-state index contributed by atoms with van der Waals surface area (Å²) in [6, 6.07) is 12.9. The second-order valence-corrected chi connectivity index (χ2v) is 9.40. The number of morpholine rings is 1. The van der Waals surface area contributed by atoms with Gasteiger partial charge in [-0.3, -0.25) is 9.89 Å². The number of carbonyl (C=O) groups excluding carboxylic acids is 1. The molecule has 34 heavy (non-hydrogen) atoms. The zero-order valence-corrected chi connectivity index (χ0v) is 18.9. The minimum Gasteiger partial charge on any atom is -0.445 e. The van der Waals surface area contributed by atoms with E-state index >= 15 is 0 Å². The molecule has 1 aromatic carbocycles. The number of hydrogen-bond donors (Lipinski definition) is 3. The van der Waals surface area contributed by atoms with Gasteiger partial charge in [-0.1, -0.05) is 30.3 Å². The van der Waals surface area contributed by atoms with Crippen LogP contribution in [0.2, 0.25) is 0 Å². The Morgan fingerprint density at radius 3 is 2.62 bits per heavy atom. The van der Waals surface area contributed by atoms with E-state index in [2.05, 4.69) is 25.5 Å². The van der Waals surface area contributed by atoms with Crippen molar-refractivity contribution in [2.24, 2.45) is 0 Å². The molecule has 1 saturated heterocycles. The number of aromatic nitrogens is 4. The first-order chi connectivity index (χ1) is 16.4. The van der Waals surface area contributed by atoms with E-state index in [9.17, 15) is 13.2 Å². The molecule has 1 amide bonds. The minimum absolute atomic E-state index is 0.187. The van der Waals surface area contributed by atoms with Crippen LogP contribution in [0.15, 0.2) is 46.9 Å². The summed E-state index contributed by atoms with van der Waals surface area (Å²) in [5, 5.41) is 10.3. The summed E-state index contributed by atoms with van der Waals surface area (Å²) in [4.78, 5) is 23.3. The van der Waals surface area contributed by atoms with Crippen molar-refractivity contribution in [2.45, 2.75) is 0 Å². The summed E-state index contributed by atoms with van der Waals surface area (Å²) in [7, 11) is -3.76. The predicted octanol–water partition coefficient (Wildman–Crippen LogP) is 1.88. The first-order valence-electron chi connectivity index (χ1n) is 10.4. The molecule has 0 atom stereocenters. The molecule has 1 aliphatic heterocycles. The number of carbonyl (C=O) groups is 1. The third kappa shape index (κ3) is 4.70. The topological polar surface area (TPSA) is 155 Å². The Bertz CT molecular complexity index is 1440. The second kappa shape index (κ2) is 8.76. The highest BCUT2D eigenvalue weighted by atomic mass is 32.2. The molecule has 3 N–H and O–H groups in total. The van der Waals surface area contributed by atoms with Crippen LogP contribution in [0.1, 0.15) is 10.6 Å². The molecule has 5 rings (SSSR count). The van der Waals surface area contributed by atoms with Crippen LogP contribution in [0.4, 0.5) is 17.6 Å². The van der Waals surface area contributed by atoms with Gasteiger partial charge in [-0.2, -0.15) is 10.1 Å². The zero-order chi connectivity index (χ0) is 23.7. The fraction of sp³-hybridized carbons (Fsp3) is 0.238. The molecule has 0 aliphatic carbocycles. The molecule has 176 valence electrons. The first kappa shape index (κ1) is 21.9. The summed E-state index contributed by atoms with van der Waals surface area (Å²) < 4.78 is 35.9. The molecular formula is C21H21N7O5S. The number of furan rings is 1. The molecule has 13 heteroatoms. The Morgan fingerprint density at radius 2 is 1.88 bits per heavy atom.